The Bertz CT molecular complexity index is 259. The minimum atomic E-state index is -0.278. The van der Waals surface area contributed by atoms with Crippen LogP contribution in [0.1, 0.15) is 19.8 Å². The molecule has 4 heteroatoms. The van der Waals surface area contributed by atoms with Gasteiger partial charge < -0.3 is 10.1 Å². The number of esters is 1. The van der Waals surface area contributed by atoms with Crippen LogP contribution in [0.4, 0.5) is 0 Å². The van der Waals surface area contributed by atoms with Gasteiger partial charge in [0, 0.05) is 18.5 Å². The Balaban J connectivity index is 3.46. The molecule has 0 aromatic rings. The van der Waals surface area contributed by atoms with Crippen LogP contribution in [-0.2, 0) is 14.3 Å². The summed E-state index contributed by atoms with van der Waals surface area (Å²) in [6.07, 6.45) is 2.38. The lowest BCUT2D eigenvalue weighted by Gasteiger charge is -2.04. The largest absolute Gasteiger partial charge is 0.461 e. The quantitative estimate of drug-likeness (QED) is 0.298. The van der Waals surface area contributed by atoms with Crippen LogP contribution in [-0.4, -0.2) is 25.0 Å². The highest BCUT2D eigenvalue weighted by Gasteiger charge is 2.03. The van der Waals surface area contributed by atoms with E-state index in [0.29, 0.717) is 25.0 Å². The van der Waals surface area contributed by atoms with Gasteiger partial charge in [0.05, 0.1) is 0 Å². The second-order valence-corrected chi connectivity index (χ2v) is 3.11. The molecule has 0 spiro atoms. The van der Waals surface area contributed by atoms with Crippen molar-refractivity contribution >= 4 is 11.9 Å². The molecule has 1 amide bonds. The second-order valence-electron chi connectivity index (χ2n) is 3.11. The minimum Gasteiger partial charge on any atom is -0.461 e. The fourth-order valence-corrected chi connectivity index (χ4v) is 0.810. The zero-order valence-electron chi connectivity index (χ0n) is 9.04. The van der Waals surface area contributed by atoms with Crippen molar-refractivity contribution in [2.75, 3.05) is 13.2 Å². The van der Waals surface area contributed by atoms with Crippen LogP contribution in [0, 0.1) is 0 Å². The Morgan fingerprint density at radius 2 is 2.13 bits per heavy atom. The lowest BCUT2D eigenvalue weighted by Crippen LogP contribution is -2.25. The van der Waals surface area contributed by atoms with E-state index < -0.39 is 0 Å². The first-order valence-corrected chi connectivity index (χ1v) is 4.78. The Hall–Kier alpha value is -1.58. The van der Waals surface area contributed by atoms with E-state index in [2.05, 4.69) is 18.5 Å². The van der Waals surface area contributed by atoms with Crippen LogP contribution >= 0.6 is 0 Å². The molecule has 0 atom stereocenters. The molecule has 0 rings (SSSR count). The van der Waals surface area contributed by atoms with E-state index in [4.69, 9.17) is 4.74 Å². The molecule has 0 aliphatic rings. The summed E-state index contributed by atoms with van der Waals surface area (Å²) in [6.45, 7) is 9.24. The van der Waals surface area contributed by atoms with Crippen molar-refractivity contribution < 1.29 is 14.3 Å². The fraction of sp³-hybridized carbons (Fsp3) is 0.455. The summed E-state index contributed by atoms with van der Waals surface area (Å²) in [5.74, 6) is -0.464. The Morgan fingerprint density at radius 3 is 2.67 bits per heavy atom. The standard InChI is InChI=1S/C11H17NO3/c1-4-8-15-10(13)6-5-7-12-11(14)9(2)3/h4H,1-2,5-8H2,3H3,(H,12,14). The van der Waals surface area contributed by atoms with Gasteiger partial charge in [-0.25, -0.2) is 0 Å². The summed E-state index contributed by atoms with van der Waals surface area (Å²) in [5.41, 5.74) is 0.462. The highest BCUT2D eigenvalue weighted by Crippen LogP contribution is 1.93. The van der Waals surface area contributed by atoms with Crippen molar-refractivity contribution in [1.82, 2.24) is 5.32 Å². The molecule has 0 aliphatic heterocycles. The van der Waals surface area contributed by atoms with Gasteiger partial charge in [-0.05, 0) is 13.3 Å². The number of carbonyl (C=O) groups excluding carboxylic acids is 2. The van der Waals surface area contributed by atoms with Gasteiger partial charge in [-0.15, -0.1) is 0 Å². The van der Waals surface area contributed by atoms with E-state index in [1.165, 1.54) is 6.08 Å². The van der Waals surface area contributed by atoms with Gasteiger partial charge in [0.15, 0.2) is 0 Å². The van der Waals surface area contributed by atoms with Crippen molar-refractivity contribution in [3.05, 3.63) is 24.8 Å². The number of hydrogen-bond acceptors (Lipinski definition) is 3. The summed E-state index contributed by atoms with van der Waals surface area (Å²) >= 11 is 0. The van der Waals surface area contributed by atoms with Crippen LogP contribution in [0.25, 0.3) is 0 Å². The van der Waals surface area contributed by atoms with Gasteiger partial charge >= 0.3 is 5.97 Å². The van der Waals surface area contributed by atoms with Crippen molar-refractivity contribution in [1.29, 1.82) is 0 Å². The number of ether oxygens (including phenoxy) is 1. The van der Waals surface area contributed by atoms with Crippen LogP contribution in [0.5, 0.6) is 0 Å². The molecule has 0 heterocycles. The normalized spacial score (nSPS) is 9.13. The van der Waals surface area contributed by atoms with Gasteiger partial charge in [0.25, 0.3) is 0 Å². The van der Waals surface area contributed by atoms with Gasteiger partial charge in [0.1, 0.15) is 6.61 Å². The molecule has 15 heavy (non-hydrogen) atoms. The molecule has 4 nitrogen and oxygen atoms in total. The van der Waals surface area contributed by atoms with E-state index in [-0.39, 0.29) is 18.5 Å². The summed E-state index contributed by atoms with van der Waals surface area (Å²) in [5, 5.41) is 2.63. The highest BCUT2D eigenvalue weighted by atomic mass is 16.5. The molecule has 0 saturated heterocycles. The summed E-state index contributed by atoms with van der Waals surface area (Å²) < 4.78 is 4.76. The van der Waals surface area contributed by atoms with Crippen LogP contribution in [0.2, 0.25) is 0 Å². The lowest BCUT2D eigenvalue weighted by molar-refractivity contribution is -0.142. The minimum absolute atomic E-state index is 0.186. The molecule has 0 aromatic heterocycles. The number of hydrogen-bond donors (Lipinski definition) is 1. The van der Waals surface area contributed by atoms with Crippen molar-refractivity contribution in [2.45, 2.75) is 19.8 Å². The van der Waals surface area contributed by atoms with Gasteiger partial charge in [-0.2, -0.15) is 0 Å². The maximum Gasteiger partial charge on any atom is 0.306 e. The second kappa shape index (κ2) is 7.79. The lowest BCUT2D eigenvalue weighted by atomic mass is 10.3. The number of amides is 1. The Labute approximate surface area is 90.0 Å². The smallest absolute Gasteiger partial charge is 0.306 e. The van der Waals surface area contributed by atoms with Crippen molar-refractivity contribution in [3.63, 3.8) is 0 Å². The average Bonchev–Trinajstić information content (AvgIpc) is 2.20. The van der Waals surface area contributed by atoms with E-state index >= 15 is 0 Å². The molecular weight excluding hydrogens is 194 g/mol. The van der Waals surface area contributed by atoms with E-state index in [0.717, 1.165) is 0 Å². The van der Waals surface area contributed by atoms with E-state index in [9.17, 15) is 9.59 Å². The monoisotopic (exact) mass is 211 g/mol. The third-order valence-corrected chi connectivity index (χ3v) is 1.59. The molecule has 0 fully saturated rings. The molecule has 0 unspecified atom stereocenters. The first-order chi connectivity index (χ1) is 7.07. The zero-order valence-corrected chi connectivity index (χ0v) is 9.04. The molecule has 0 bridgehead atoms. The topological polar surface area (TPSA) is 55.4 Å². The predicted octanol–water partition coefficient (Wildman–Crippen LogP) is 1.19. The Kier molecular flexibility index (Phi) is 6.97. The SMILES string of the molecule is C=CCOC(=O)CCCNC(=O)C(=C)C. The summed E-state index contributed by atoms with van der Waals surface area (Å²) in [6, 6.07) is 0. The number of rotatable bonds is 7. The maximum absolute atomic E-state index is 11.0. The van der Waals surface area contributed by atoms with E-state index in [1.54, 1.807) is 6.92 Å². The molecule has 0 aromatic carbocycles. The zero-order chi connectivity index (χ0) is 11.7. The van der Waals surface area contributed by atoms with Crippen LogP contribution < -0.4 is 5.32 Å². The highest BCUT2D eigenvalue weighted by molar-refractivity contribution is 5.92. The van der Waals surface area contributed by atoms with Crippen molar-refractivity contribution in [3.8, 4) is 0 Å². The van der Waals surface area contributed by atoms with E-state index in [1.807, 2.05) is 0 Å². The fourth-order valence-electron chi connectivity index (χ4n) is 0.810. The van der Waals surface area contributed by atoms with Crippen LogP contribution in [0.15, 0.2) is 24.8 Å². The van der Waals surface area contributed by atoms with Gasteiger partial charge in [-0.3, -0.25) is 9.59 Å². The molecule has 0 radical (unpaired) electrons. The van der Waals surface area contributed by atoms with Crippen LogP contribution in [0.3, 0.4) is 0 Å². The number of carbonyl (C=O) groups is 2. The predicted molar refractivity (Wildman–Crippen MR) is 58.2 cm³/mol. The third-order valence-electron chi connectivity index (χ3n) is 1.59. The molecule has 84 valence electrons. The number of nitrogens with one attached hydrogen (secondary N) is 1. The first kappa shape index (κ1) is 13.4. The summed E-state index contributed by atoms with van der Waals surface area (Å²) in [4.78, 5) is 22.0. The molecule has 0 aliphatic carbocycles. The Morgan fingerprint density at radius 1 is 1.47 bits per heavy atom. The van der Waals surface area contributed by atoms with Crippen molar-refractivity contribution in [2.24, 2.45) is 0 Å². The average molecular weight is 211 g/mol. The third kappa shape index (κ3) is 7.49. The molecule has 1 N–H and O–H groups in total. The first-order valence-electron chi connectivity index (χ1n) is 4.78. The maximum atomic E-state index is 11.0. The van der Waals surface area contributed by atoms with Gasteiger partial charge in [-0.1, -0.05) is 19.2 Å². The summed E-state index contributed by atoms with van der Waals surface area (Å²) in [7, 11) is 0. The van der Waals surface area contributed by atoms with Gasteiger partial charge in [0.2, 0.25) is 5.91 Å². The molecular formula is C11H17NO3. The molecule has 0 saturated carbocycles.